The molecule has 1 aliphatic rings. The maximum atomic E-state index is 14.0. The molecule has 0 atom stereocenters. The van der Waals surface area contributed by atoms with E-state index in [2.05, 4.69) is 10.2 Å². The number of amides is 3. The maximum Gasteiger partial charge on any atom is 0.256 e. The second kappa shape index (κ2) is 12.4. The summed E-state index contributed by atoms with van der Waals surface area (Å²) >= 11 is 0. The number of rotatable bonds is 8. The standard InChI is InChI=1S/C30H33FN4O3/c1-22(2)29(37)35(20-23-8-4-3-5-9-23)21-28(36)32-24-12-14-25(15-13-24)33-16-18-34(19-17-33)30(38)26-10-6-7-11-27(26)31/h3-15,22H,16-21H2,1-2H3,(H,32,36). The summed E-state index contributed by atoms with van der Waals surface area (Å²) in [5.41, 5.74) is 2.68. The minimum Gasteiger partial charge on any atom is -0.368 e. The van der Waals surface area contributed by atoms with Gasteiger partial charge in [0, 0.05) is 50.0 Å². The number of benzene rings is 3. The van der Waals surface area contributed by atoms with Gasteiger partial charge in [-0.05, 0) is 42.0 Å². The van der Waals surface area contributed by atoms with Gasteiger partial charge < -0.3 is 20.0 Å². The maximum absolute atomic E-state index is 14.0. The zero-order chi connectivity index (χ0) is 27.1. The van der Waals surface area contributed by atoms with Gasteiger partial charge in [0.2, 0.25) is 11.8 Å². The lowest BCUT2D eigenvalue weighted by molar-refractivity contribution is -0.138. The Morgan fingerprint density at radius 2 is 1.50 bits per heavy atom. The number of anilines is 2. The Morgan fingerprint density at radius 3 is 2.13 bits per heavy atom. The quantitative estimate of drug-likeness (QED) is 0.481. The van der Waals surface area contributed by atoms with E-state index in [9.17, 15) is 18.8 Å². The molecule has 0 unspecified atom stereocenters. The van der Waals surface area contributed by atoms with Crippen LogP contribution in [-0.2, 0) is 16.1 Å². The van der Waals surface area contributed by atoms with E-state index >= 15 is 0 Å². The van der Waals surface area contributed by atoms with Crippen LogP contribution in [0.5, 0.6) is 0 Å². The molecule has 0 saturated carbocycles. The van der Waals surface area contributed by atoms with E-state index in [0.29, 0.717) is 38.4 Å². The molecule has 4 rings (SSSR count). The van der Waals surface area contributed by atoms with Gasteiger partial charge in [0.1, 0.15) is 12.4 Å². The highest BCUT2D eigenvalue weighted by atomic mass is 19.1. The Balaban J connectivity index is 1.31. The van der Waals surface area contributed by atoms with E-state index in [1.807, 2.05) is 68.4 Å². The van der Waals surface area contributed by atoms with Crippen LogP contribution < -0.4 is 10.2 Å². The largest absolute Gasteiger partial charge is 0.368 e. The van der Waals surface area contributed by atoms with Gasteiger partial charge in [0.25, 0.3) is 5.91 Å². The molecule has 38 heavy (non-hydrogen) atoms. The lowest BCUT2D eigenvalue weighted by Crippen LogP contribution is -2.49. The van der Waals surface area contributed by atoms with Crippen molar-refractivity contribution >= 4 is 29.1 Å². The fourth-order valence-corrected chi connectivity index (χ4v) is 4.48. The van der Waals surface area contributed by atoms with Crippen LogP contribution in [0.4, 0.5) is 15.8 Å². The molecule has 3 aromatic carbocycles. The van der Waals surface area contributed by atoms with Crippen LogP contribution in [0, 0.1) is 11.7 Å². The Morgan fingerprint density at radius 1 is 0.868 bits per heavy atom. The van der Waals surface area contributed by atoms with Crippen LogP contribution in [0.25, 0.3) is 0 Å². The highest BCUT2D eigenvalue weighted by Gasteiger charge is 2.24. The smallest absolute Gasteiger partial charge is 0.256 e. The first-order chi connectivity index (χ1) is 18.3. The number of carbonyl (C=O) groups is 3. The Labute approximate surface area is 222 Å². The molecule has 7 nitrogen and oxygen atoms in total. The number of carbonyl (C=O) groups excluding carboxylic acids is 3. The van der Waals surface area contributed by atoms with Crippen LogP contribution in [0.1, 0.15) is 29.8 Å². The third-order valence-electron chi connectivity index (χ3n) is 6.54. The average Bonchev–Trinajstić information content (AvgIpc) is 2.93. The molecule has 0 spiro atoms. The van der Waals surface area contributed by atoms with Gasteiger partial charge in [-0.25, -0.2) is 4.39 Å². The van der Waals surface area contributed by atoms with E-state index in [1.54, 1.807) is 21.9 Å². The first-order valence-corrected chi connectivity index (χ1v) is 12.8. The molecule has 198 valence electrons. The van der Waals surface area contributed by atoms with Crippen molar-refractivity contribution in [3.05, 3.63) is 95.8 Å². The SMILES string of the molecule is CC(C)C(=O)N(CC(=O)Nc1ccc(N2CCN(C(=O)c3ccccc3F)CC2)cc1)Cc1ccccc1. The Kier molecular flexibility index (Phi) is 8.73. The fourth-order valence-electron chi connectivity index (χ4n) is 4.48. The summed E-state index contributed by atoms with van der Waals surface area (Å²) in [7, 11) is 0. The minimum absolute atomic E-state index is 0.0361. The molecule has 0 aromatic heterocycles. The third kappa shape index (κ3) is 6.76. The number of nitrogens with one attached hydrogen (secondary N) is 1. The predicted molar refractivity (Wildman–Crippen MR) is 146 cm³/mol. The van der Waals surface area contributed by atoms with Gasteiger partial charge >= 0.3 is 0 Å². The summed E-state index contributed by atoms with van der Waals surface area (Å²) < 4.78 is 14.0. The molecule has 0 radical (unpaired) electrons. The monoisotopic (exact) mass is 516 g/mol. The molecule has 3 aromatic rings. The van der Waals surface area contributed by atoms with Gasteiger partial charge in [-0.2, -0.15) is 0 Å². The number of hydrogen-bond acceptors (Lipinski definition) is 4. The van der Waals surface area contributed by atoms with Crippen molar-refractivity contribution in [3.8, 4) is 0 Å². The van der Waals surface area contributed by atoms with Crippen LogP contribution in [0.15, 0.2) is 78.9 Å². The Bertz CT molecular complexity index is 1260. The summed E-state index contributed by atoms with van der Waals surface area (Å²) in [4.78, 5) is 43.6. The van der Waals surface area contributed by atoms with Crippen LogP contribution in [0.3, 0.4) is 0 Å². The van der Waals surface area contributed by atoms with Crippen molar-refractivity contribution < 1.29 is 18.8 Å². The van der Waals surface area contributed by atoms with Gasteiger partial charge in [-0.15, -0.1) is 0 Å². The van der Waals surface area contributed by atoms with Gasteiger partial charge in [-0.3, -0.25) is 14.4 Å². The first-order valence-electron chi connectivity index (χ1n) is 12.8. The molecule has 1 N–H and O–H groups in total. The van der Waals surface area contributed by atoms with E-state index < -0.39 is 5.82 Å². The summed E-state index contributed by atoms with van der Waals surface area (Å²) in [6.07, 6.45) is 0. The van der Waals surface area contributed by atoms with Crippen LogP contribution >= 0.6 is 0 Å². The number of piperazine rings is 1. The minimum atomic E-state index is -0.505. The van der Waals surface area contributed by atoms with Crippen molar-refractivity contribution in [2.45, 2.75) is 20.4 Å². The summed E-state index contributed by atoms with van der Waals surface area (Å²) in [5, 5.41) is 2.89. The van der Waals surface area contributed by atoms with E-state index in [4.69, 9.17) is 0 Å². The number of nitrogens with zero attached hydrogens (tertiary/aromatic N) is 3. The molecule has 3 amide bonds. The lowest BCUT2D eigenvalue weighted by Gasteiger charge is -2.36. The van der Waals surface area contributed by atoms with Crippen molar-refractivity contribution in [2.75, 3.05) is 42.9 Å². The van der Waals surface area contributed by atoms with Crippen molar-refractivity contribution in [3.63, 3.8) is 0 Å². The zero-order valence-electron chi connectivity index (χ0n) is 21.8. The molecule has 1 heterocycles. The molecule has 8 heteroatoms. The van der Waals surface area contributed by atoms with Gasteiger partial charge in [-0.1, -0.05) is 56.3 Å². The molecule has 0 bridgehead atoms. The van der Waals surface area contributed by atoms with Crippen molar-refractivity contribution in [1.82, 2.24) is 9.80 Å². The summed E-state index contributed by atoms with van der Waals surface area (Å²) in [6.45, 7) is 6.22. The molecule has 1 saturated heterocycles. The highest BCUT2D eigenvalue weighted by molar-refractivity contribution is 5.95. The first kappa shape index (κ1) is 26.9. The van der Waals surface area contributed by atoms with Crippen LogP contribution in [-0.4, -0.2) is 60.2 Å². The van der Waals surface area contributed by atoms with Crippen molar-refractivity contribution in [2.24, 2.45) is 5.92 Å². The van der Waals surface area contributed by atoms with Gasteiger partial charge in [0.15, 0.2) is 0 Å². The number of hydrogen-bond donors (Lipinski definition) is 1. The molecular weight excluding hydrogens is 483 g/mol. The van der Waals surface area contributed by atoms with Gasteiger partial charge in [0.05, 0.1) is 5.56 Å². The zero-order valence-corrected chi connectivity index (χ0v) is 21.8. The fraction of sp³-hybridized carbons (Fsp3) is 0.300. The second-order valence-electron chi connectivity index (χ2n) is 9.69. The normalized spacial score (nSPS) is 13.4. The van der Waals surface area contributed by atoms with E-state index in [-0.39, 0.29) is 35.7 Å². The van der Waals surface area contributed by atoms with Crippen LogP contribution in [0.2, 0.25) is 0 Å². The summed E-state index contributed by atoms with van der Waals surface area (Å²) in [5.74, 6) is -1.35. The van der Waals surface area contributed by atoms with E-state index in [0.717, 1.165) is 11.3 Å². The van der Waals surface area contributed by atoms with Crippen molar-refractivity contribution in [1.29, 1.82) is 0 Å². The molecule has 0 aliphatic carbocycles. The molecule has 1 aliphatic heterocycles. The topological polar surface area (TPSA) is 73.0 Å². The lowest BCUT2D eigenvalue weighted by atomic mass is 10.1. The highest BCUT2D eigenvalue weighted by Crippen LogP contribution is 2.21. The number of halogens is 1. The van der Waals surface area contributed by atoms with E-state index in [1.165, 1.54) is 12.1 Å². The second-order valence-corrected chi connectivity index (χ2v) is 9.69. The third-order valence-corrected chi connectivity index (χ3v) is 6.54. The summed E-state index contributed by atoms with van der Waals surface area (Å²) in [6, 6.07) is 23.2. The Hall–Kier alpha value is -4.20. The predicted octanol–water partition coefficient (Wildman–Crippen LogP) is 4.41. The molecule has 1 fully saturated rings. The molecular formula is C30H33FN4O3. The average molecular weight is 517 g/mol.